The topological polar surface area (TPSA) is 77.2 Å². The van der Waals surface area contributed by atoms with Gasteiger partial charge in [0, 0.05) is 22.9 Å². The third kappa shape index (κ3) is 2.95. The predicted octanol–water partition coefficient (Wildman–Crippen LogP) is 4.90. The van der Waals surface area contributed by atoms with Gasteiger partial charge in [0.2, 0.25) is 5.91 Å². The number of fused-ring (bicyclic) bond motifs is 3. The number of aromatic nitrogens is 2. The number of ether oxygens (including phenoxy) is 1. The van der Waals surface area contributed by atoms with Crippen LogP contribution in [0, 0.1) is 19.8 Å². The van der Waals surface area contributed by atoms with Crippen LogP contribution in [0.5, 0.6) is 5.75 Å². The summed E-state index contributed by atoms with van der Waals surface area (Å²) in [5.74, 6) is 1.72. The maximum Gasteiger partial charge on any atom is 0.228 e. The number of aryl methyl sites for hydroxylation is 2. The average molecular weight is 377 g/mol. The van der Waals surface area contributed by atoms with E-state index in [0.29, 0.717) is 12.2 Å². The van der Waals surface area contributed by atoms with Crippen molar-refractivity contribution >= 4 is 28.6 Å². The molecule has 0 aliphatic carbocycles. The van der Waals surface area contributed by atoms with Gasteiger partial charge in [0.1, 0.15) is 11.5 Å². The molecule has 2 aromatic heterocycles. The van der Waals surface area contributed by atoms with E-state index in [1.54, 1.807) is 13.3 Å². The van der Waals surface area contributed by atoms with Crippen LogP contribution in [0.25, 0.3) is 28.1 Å². The molecule has 0 radical (unpaired) electrons. The summed E-state index contributed by atoms with van der Waals surface area (Å²) in [6, 6.07) is 3.98. The van der Waals surface area contributed by atoms with Crippen LogP contribution in [0.1, 0.15) is 37.3 Å². The van der Waals surface area contributed by atoms with Gasteiger partial charge >= 0.3 is 0 Å². The molecule has 0 saturated carbocycles. The fourth-order valence-corrected chi connectivity index (χ4v) is 3.71. The van der Waals surface area contributed by atoms with Gasteiger partial charge in [-0.15, -0.1) is 0 Å². The maximum atomic E-state index is 12.3. The van der Waals surface area contributed by atoms with Crippen LogP contribution < -0.4 is 10.1 Å². The molecule has 1 N–H and O–H groups in total. The summed E-state index contributed by atoms with van der Waals surface area (Å²) in [5.41, 5.74) is 6.22. The third-order valence-electron chi connectivity index (χ3n) is 5.24. The zero-order valence-electron chi connectivity index (χ0n) is 16.7. The van der Waals surface area contributed by atoms with Crippen LogP contribution in [0.3, 0.4) is 0 Å². The first-order valence-corrected chi connectivity index (χ1v) is 9.33. The molecule has 1 aliphatic rings. The van der Waals surface area contributed by atoms with Crippen molar-refractivity contribution in [3.8, 4) is 16.9 Å². The van der Waals surface area contributed by atoms with E-state index < -0.39 is 0 Å². The molecular formula is C22H23N3O3. The number of methoxy groups -OCH3 is 1. The highest BCUT2D eigenvalue weighted by Crippen LogP contribution is 2.40. The normalized spacial score (nSPS) is 13.9. The van der Waals surface area contributed by atoms with E-state index in [2.05, 4.69) is 35.4 Å². The summed E-state index contributed by atoms with van der Waals surface area (Å²) < 4.78 is 11.0. The molecule has 0 atom stereocenters. The molecular weight excluding hydrogens is 354 g/mol. The van der Waals surface area contributed by atoms with Crippen LogP contribution >= 0.6 is 0 Å². The van der Waals surface area contributed by atoms with Crippen LogP contribution in [-0.2, 0) is 4.79 Å². The summed E-state index contributed by atoms with van der Waals surface area (Å²) in [4.78, 5) is 16.9. The Hall–Kier alpha value is -3.15. The van der Waals surface area contributed by atoms with Crippen LogP contribution in [0.15, 0.2) is 28.4 Å². The largest absolute Gasteiger partial charge is 0.496 e. The molecule has 6 nitrogen and oxygen atoms in total. The number of amides is 1. The molecule has 6 heteroatoms. The number of pyridine rings is 1. The summed E-state index contributed by atoms with van der Waals surface area (Å²) in [7, 11) is 1.65. The Bertz CT molecular complexity index is 1110. The first-order chi connectivity index (χ1) is 13.4. The van der Waals surface area contributed by atoms with Crippen molar-refractivity contribution in [2.75, 3.05) is 12.4 Å². The van der Waals surface area contributed by atoms with E-state index in [0.717, 1.165) is 50.3 Å². The predicted molar refractivity (Wildman–Crippen MR) is 109 cm³/mol. The summed E-state index contributed by atoms with van der Waals surface area (Å²) in [6.45, 7) is 8.00. The van der Waals surface area contributed by atoms with Gasteiger partial charge < -0.3 is 14.6 Å². The fourth-order valence-electron chi connectivity index (χ4n) is 3.71. The lowest BCUT2D eigenvalue weighted by Gasteiger charge is -2.14. The minimum absolute atomic E-state index is 0.0147. The Kier molecular flexibility index (Phi) is 4.41. The van der Waals surface area contributed by atoms with Gasteiger partial charge in [-0.25, -0.2) is 0 Å². The second-order valence-corrected chi connectivity index (χ2v) is 7.45. The van der Waals surface area contributed by atoms with Crippen LogP contribution in [0.4, 0.5) is 5.69 Å². The molecule has 3 aromatic rings. The zero-order valence-corrected chi connectivity index (χ0v) is 16.7. The zero-order chi connectivity index (χ0) is 20.0. The van der Waals surface area contributed by atoms with Gasteiger partial charge in [-0.05, 0) is 31.9 Å². The third-order valence-corrected chi connectivity index (χ3v) is 5.24. The lowest BCUT2D eigenvalue weighted by atomic mass is 9.95. The number of anilines is 1. The molecule has 1 aromatic carbocycles. The first-order valence-electron chi connectivity index (χ1n) is 9.33. The van der Waals surface area contributed by atoms with E-state index in [1.807, 2.05) is 26.0 Å². The number of rotatable bonds is 3. The van der Waals surface area contributed by atoms with E-state index >= 15 is 0 Å². The second kappa shape index (κ2) is 6.78. The average Bonchev–Trinajstić information content (AvgIpc) is 2.88. The van der Waals surface area contributed by atoms with Gasteiger partial charge in [-0.1, -0.05) is 30.7 Å². The van der Waals surface area contributed by atoms with E-state index in [9.17, 15) is 4.79 Å². The second-order valence-electron chi connectivity index (χ2n) is 7.45. The number of benzene rings is 1. The van der Waals surface area contributed by atoms with Crippen molar-refractivity contribution < 1.29 is 14.1 Å². The quantitative estimate of drug-likeness (QED) is 0.703. The smallest absolute Gasteiger partial charge is 0.228 e. The standard InChI is InChI=1S/C22H23N3O3/c1-11(2)14-6-15-16-9-20(27-5)17(22-12(3)25-28-13(22)4)8-18(16)23-10-19(15)24-21(26)7-14/h6,8-11H,7H2,1-5H3,(H,24,26). The van der Waals surface area contributed by atoms with Crippen molar-refractivity contribution in [1.29, 1.82) is 0 Å². The molecule has 1 aliphatic heterocycles. The fraction of sp³-hybridized carbons (Fsp3) is 0.318. The van der Waals surface area contributed by atoms with Crippen LogP contribution in [-0.4, -0.2) is 23.2 Å². The Balaban J connectivity index is 2.01. The Morgan fingerprint density at radius 2 is 2.04 bits per heavy atom. The van der Waals surface area contributed by atoms with Crippen molar-refractivity contribution in [2.24, 2.45) is 5.92 Å². The highest BCUT2D eigenvalue weighted by molar-refractivity contribution is 6.04. The molecule has 0 saturated heterocycles. The molecule has 28 heavy (non-hydrogen) atoms. The van der Waals surface area contributed by atoms with E-state index in [-0.39, 0.29) is 11.8 Å². The molecule has 144 valence electrons. The van der Waals surface area contributed by atoms with Crippen molar-refractivity contribution in [3.05, 3.63) is 40.9 Å². The van der Waals surface area contributed by atoms with E-state index in [4.69, 9.17) is 9.26 Å². The number of nitrogens with zero attached hydrogens (tertiary/aromatic N) is 2. The lowest BCUT2D eigenvalue weighted by molar-refractivity contribution is -0.115. The first kappa shape index (κ1) is 18.2. The summed E-state index contributed by atoms with van der Waals surface area (Å²) >= 11 is 0. The number of carbonyl (C=O) groups excluding carboxylic acids is 1. The number of carbonyl (C=O) groups is 1. The molecule has 0 unspecified atom stereocenters. The Morgan fingerprint density at radius 3 is 2.68 bits per heavy atom. The van der Waals surface area contributed by atoms with Gasteiger partial charge in [-0.3, -0.25) is 9.78 Å². The van der Waals surface area contributed by atoms with Crippen molar-refractivity contribution in [3.63, 3.8) is 0 Å². The molecule has 0 bridgehead atoms. The van der Waals surface area contributed by atoms with Crippen molar-refractivity contribution in [1.82, 2.24) is 10.1 Å². The number of nitrogens with one attached hydrogen (secondary N) is 1. The molecule has 3 heterocycles. The van der Waals surface area contributed by atoms with E-state index in [1.165, 1.54) is 0 Å². The number of hydrogen-bond acceptors (Lipinski definition) is 5. The van der Waals surface area contributed by atoms with Gasteiger partial charge in [0.25, 0.3) is 0 Å². The van der Waals surface area contributed by atoms with Gasteiger partial charge in [-0.2, -0.15) is 0 Å². The minimum atomic E-state index is -0.0147. The molecule has 1 amide bonds. The van der Waals surface area contributed by atoms with Gasteiger partial charge in [0.05, 0.1) is 35.8 Å². The Morgan fingerprint density at radius 1 is 1.25 bits per heavy atom. The molecule has 0 spiro atoms. The monoisotopic (exact) mass is 377 g/mol. The molecule has 4 rings (SSSR count). The highest BCUT2D eigenvalue weighted by Gasteiger charge is 2.22. The highest BCUT2D eigenvalue weighted by atomic mass is 16.5. The lowest BCUT2D eigenvalue weighted by Crippen LogP contribution is -2.12. The summed E-state index contributed by atoms with van der Waals surface area (Å²) in [6.07, 6.45) is 4.22. The molecule has 0 fully saturated rings. The summed E-state index contributed by atoms with van der Waals surface area (Å²) in [5, 5.41) is 7.97. The Labute approximate surface area is 163 Å². The maximum absolute atomic E-state index is 12.3. The minimum Gasteiger partial charge on any atom is -0.496 e. The van der Waals surface area contributed by atoms with Crippen LogP contribution in [0.2, 0.25) is 0 Å². The van der Waals surface area contributed by atoms with Gasteiger partial charge in [0.15, 0.2) is 0 Å². The number of hydrogen-bond donors (Lipinski definition) is 1. The van der Waals surface area contributed by atoms with Crippen molar-refractivity contribution in [2.45, 2.75) is 34.1 Å². The SMILES string of the molecule is COc1cc2c3c(cnc2cc1-c1c(C)noc1C)NC(=O)CC(C(C)C)=C3.